The molecule has 2 N–H and O–H groups in total. The average molecular weight is 353 g/mol. The van der Waals surface area contributed by atoms with Crippen LogP contribution in [0, 0.1) is 0 Å². The number of H-pyrrole nitrogens is 1. The number of aromatic amines is 1. The van der Waals surface area contributed by atoms with Gasteiger partial charge < -0.3 is 15.0 Å². The Balaban J connectivity index is 0.00000156. The molecule has 1 atom stereocenters. The molecule has 0 aliphatic carbocycles. The normalized spacial score (nSPS) is 20.6. The lowest BCUT2D eigenvalue weighted by Crippen LogP contribution is -2.37. The van der Waals surface area contributed by atoms with Gasteiger partial charge in [-0.15, -0.1) is 12.4 Å². The third kappa shape index (κ3) is 3.37. The fourth-order valence-electron chi connectivity index (χ4n) is 3.35. The quantitative estimate of drug-likeness (QED) is 0.872. The maximum absolute atomic E-state index is 12.2. The van der Waals surface area contributed by atoms with Crippen molar-refractivity contribution in [3.05, 3.63) is 39.7 Å². The molecule has 1 saturated heterocycles. The number of hydrogen-bond acceptors (Lipinski definition) is 4. The summed E-state index contributed by atoms with van der Waals surface area (Å²) in [5.74, 6) is 2.81. The predicted molar refractivity (Wildman–Crippen MR) is 98.2 cm³/mol. The van der Waals surface area contributed by atoms with Crippen molar-refractivity contribution in [3.8, 4) is 5.75 Å². The Hall–Kier alpha value is -1.17. The van der Waals surface area contributed by atoms with Gasteiger partial charge in [0.05, 0.1) is 0 Å². The molecule has 2 aliphatic heterocycles. The summed E-state index contributed by atoms with van der Waals surface area (Å²) in [4.78, 5) is 15.2. The first-order valence-corrected chi connectivity index (χ1v) is 9.09. The number of nitrogens with one attached hydrogen (secondary N) is 2. The monoisotopic (exact) mass is 352 g/mol. The van der Waals surface area contributed by atoms with Crippen molar-refractivity contribution < 1.29 is 4.74 Å². The van der Waals surface area contributed by atoms with Gasteiger partial charge in [-0.2, -0.15) is 11.8 Å². The van der Waals surface area contributed by atoms with E-state index in [1.165, 1.54) is 5.56 Å². The van der Waals surface area contributed by atoms with Crippen molar-refractivity contribution in [1.82, 2.24) is 10.3 Å². The third-order valence-corrected chi connectivity index (χ3v) is 5.49. The Morgan fingerprint density at radius 2 is 2.17 bits per heavy atom. The minimum Gasteiger partial charge on any atom is -0.489 e. The molecule has 0 saturated carbocycles. The topological polar surface area (TPSA) is 54.1 Å². The van der Waals surface area contributed by atoms with Crippen LogP contribution in [0.15, 0.2) is 23.0 Å². The van der Waals surface area contributed by atoms with Gasteiger partial charge in [-0.25, -0.2) is 0 Å². The van der Waals surface area contributed by atoms with Gasteiger partial charge in [-0.05, 0) is 55.3 Å². The van der Waals surface area contributed by atoms with Crippen molar-refractivity contribution in [1.29, 1.82) is 0 Å². The summed E-state index contributed by atoms with van der Waals surface area (Å²) >= 11 is 1.83. The van der Waals surface area contributed by atoms with Gasteiger partial charge in [0.15, 0.2) is 0 Å². The molecule has 6 heteroatoms. The molecule has 124 valence electrons. The van der Waals surface area contributed by atoms with Crippen LogP contribution in [0.4, 0.5) is 0 Å². The number of halogens is 1. The van der Waals surface area contributed by atoms with Crippen molar-refractivity contribution in [2.24, 2.45) is 0 Å². The van der Waals surface area contributed by atoms with Crippen LogP contribution in [-0.2, 0) is 12.2 Å². The summed E-state index contributed by atoms with van der Waals surface area (Å²) in [7, 11) is 0. The number of pyridine rings is 1. The number of aryl methyl sites for hydroxylation is 1. The van der Waals surface area contributed by atoms with E-state index in [-0.39, 0.29) is 24.1 Å². The molecule has 0 radical (unpaired) electrons. The second-order valence-electron chi connectivity index (χ2n) is 6.01. The van der Waals surface area contributed by atoms with Crippen LogP contribution in [0.5, 0.6) is 5.75 Å². The van der Waals surface area contributed by atoms with Gasteiger partial charge in [0.25, 0.3) is 5.56 Å². The van der Waals surface area contributed by atoms with Crippen molar-refractivity contribution in [2.45, 2.75) is 31.1 Å². The SMILES string of the molecule is Cl.O=c1[nH]c2ccc(OC3CCCNC3)cc2c2c1CSCC2. The lowest BCUT2D eigenvalue weighted by atomic mass is 10.0. The molecule has 4 rings (SSSR count). The van der Waals surface area contributed by atoms with Gasteiger partial charge in [0, 0.05) is 28.8 Å². The van der Waals surface area contributed by atoms with E-state index >= 15 is 0 Å². The van der Waals surface area contributed by atoms with Crippen LogP contribution < -0.4 is 15.6 Å². The molecule has 1 aromatic heterocycles. The van der Waals surface area contributed by atoms with Crippen LogP contribution in [0.2, 0.25) is 0 Å². The van der Waals surface area contributed by atoms with Crippen molar-refractivity contribution >= 4 is 35.1 Å². The van der Waals surface area contributed by atoms with E-state index in [2.05, 4.69) is 16.4 Å². The molecule has 3 heterocycles. The molecular weight excluding hydrogens is 332 g/mol. The smallest absolute Gasteiger partial charge is 0.252 e. The van der Waals surface area contributed by atoms with Gasteiger partial charge in [0.2, 0.25) is 0 Å². The molecule has 2 aromatic rings. The van der Waals surface area contributed by atoms with Gasteiger partial charge >= 0.3 is 0 Å². The molecule has 1 aromatic carbocycles. The largest absolute Gasteiger partial charge is 0.489 e. The highest BCUT2D eigenvalue weighted by molar-refractivity contribution is 7.98. The number of rotatable bonds is 2. The Bertz CT molecular complexity index is 756. The third-order valence-electron chi connectivity index (χ3n) is 4.50. The Morgan fingerprint density at radius 3 is 3.00 bits per heavy atom. The zero-order valence-electron chi connectivity index (χ0n) is 12.9. The number of piperidine rings is 1. The van der Waals surface area contributed by atoms with E-state index < -0.39 is 0 Å². The Labute approximate surface area is 145 Å². The summed E-state index contributed by atoms with van der Waals surface area (Å²) < 4.78 is 6.12. The number of benzene rings is 1. The van der Waals surface area contributed by atoms with E-state index in [4.69, 9.17) is 4.74 Å². The molecule has 0 bridgehead atoms. The van der Waals surface area contributed by atoms with Gasteiger partial charge in [-0.3, -0.25) is 4.79 Å². The van der Waals surface area contributed by atoms with Crippen LogP contribution in [-0.4, -0.2) is 29.9 Å². The highest BCUT2D eigenvalue weighted by atomic mass is 35.5. The van der Waals surface area contributed by atoms with Crippen LogP contribution >= 0.6 is 24.2 Å². The molecule has 0 amide bonds. The molecule has 2 aliphatic rings. The first-order valence-electron chi connectivity index (χ1n) is 7.94. The van der Waals surface area contributed by atoms with Gasteiger partial charge in [-0.1, -0.05) is 0 Å². The zero-order chi connectivity index (χ0) is 14.9. The molecule has 0 spiro atoms. The van der Waals surface area contributed by atoms with Crippen LogP contribution in [0.3, 0.4) is 0 Å². The van der Waals surface area contributed by atoms with E-state index in [1.807, 2.05) is 23.9 Å². The number of fused-ring (bicyclic) bond motifs is 3. The maximum Gasteiger partial charge on any atom is 0.252 e. The molecule has 4 nitrogen and oxygen atoms in total. The van der Waals surface area contributed by atoms with Gasteiger partial charge in [0.1, 0.15) is 11.9 Å². The van der Waals surface area contributed by atoms with Crippen LogP contribution in [0.1, 0.15) is 24.0 Å². The predicted octanol–water partition coefficient (Wildman–Crippen LogP) is 2.87. The second-order valence-corrected chi connectivity index (χ2v) is 7.11. The highest BCUT2D eigenvalue weighted by Crippen LogP contribution is 2.30. The second kappa shape index (κ2) is 7.16. The number of hydrogen-bond donors (Lipinski definition) is 2. The summed E-state index contributed by atoms with van der Waals surface area (Å²) in [5, 5.41) is 4.52. The summed E-state index contributed by atoms with van der Waals surface area (Å²) in [6, 6.07) is 6.05. The fourth-order valence-corrected chi connectivity index (χ4v) is 4.35. The van der Waals surface area contributed by atoms with E-state index in [9.17, 15) is 4.79 Å². The lowest BCUT2D eigenvalue weighted by molar-refractivity contribution is 0.167. The minimum absolute atomic E-state index is 0. The van der Waals surface area contributed by atoms with E-state index in [0.29, 0.717) is 0 Å². The zero-order valence-corrected chi connectivity index (χ0v) is 14.5. The number of thioether (sulfide) groups is 1. The minimum atomic E-state index is 0. The van der Waals surface area contributed by atoms with Crippen molar-refractivity contribution in [2.75, 3.05) is 18.8 Å². The summed E-state index contributed by atoms with van der Waals surface area (Å²) in [6.07, 6.45) is 3.48. The highest BCUT2D eigenvalue weighted by Gasteiger charge is 2.18. The summed E-state index contributed by atoms with van der Waals surface area (Å²) in [5.41, 5.74) is 3.15. The Kier molecular flexibility index (Phi) is 5.19. The van der Waals surface area contributed by atoms with Crippen molar-refractivity contribution in [3.63, 3.8) is 0 Å². The molecule has 23 heavy (non-hydrogen) atoms. The molecular formula is C17H21ClN2O2S. The standard InChI is InChI=1S/C17H20N2O2S.ClH/c20-17-15-10-22-7-5-13(15)14-8-11(3-4-16(14)19-17)21-12-2-1-6-18-9-12;/h3-4,8,12,18H,1-2,5-7,9-10H2,(H,19,20);1H. The van der Waals surface area contributed by atoms with E-state index in [1.54, 1.807) is 0 Å². The van der Waals surface area contributed by atoms with E-state index in [0.717, 1.165) is 66.1 Å². The number of aromatic nitrogens is 1. The summed E-state index contributed by atoms with van der Waals surface area (Å²) in [6.45, 7) is 2.00. The first kappa shape index (κ1) is 16.7. The van der Waals surface area contributed by atoms with Crippen LogP contribution in [0.25, 0.3) is 10.9 Å². The molecule has 1 unspecified atom stereocenters. The average Bonchev–Trinajstić information content (AvgIpc) is 2.57. The number of ether oxygens (including phenoxy) is 1. The fraction of sp³-hybridized carbons (Fsp3) is 0.471. The lowest BCUT2D eigenvalue weighted by Gasteiger charge is -2.24. The first-order chi connectivity index (χ1) is 10.8. The Morgan fingerprint density at radius 1 is 1.26 bits per heavy atom. The molecule has 1 fully saturated rings. The maximum atomic E-state index is 12.2.